The van der Waals surface area contributed by atoms with E-state index in [1.54, 1.807) is 17.1 Å². The second kappa shape index (κ2) is 6.25. The Morgan fingerprint density at radius 2 is 1.85 bits per heavy atom. The molecule has 3 aromatic heterocycles. The Morgan fingerprint density at radius 1 is 1.08 bits per heavy atom. The molecule has 0 radical (unpaired) electrons. The molecule has 0 bridgehead atoms. The van der Waals surface area contributed by atoms with Crippen LogP contribution in [0.25, 0.3) is 16.7 Å². The highest BCUT2D eigenvalue weighted by Crippen LogP contribution is 2.17. The molecule has 26 heavy (non-hydrogen) atoms. The van der Waals surface area contributed by atoms with Crippen molar-refractivity contribution in [3.8, 4) is 5.69 Å². The van der Waals surface area contributed by atoms with Gasteiger partial charge in [-0.15, -0.1) is 0 Å². The lowest BCUT2D eigenvalue weighted by Crippen LogP contribution is -2.21. The fourth-order valence-electron chi connectivity index (χ4n) is 3.05. The van der Waals surface area contributed by atoms with Gasteiger partial charge in [-0.3, -0.25) is 9.36 Å². The van der Waals surface area contributed by atoms with Crippen LogP contribution in [0.2, 0.25) is 0 Å². The predicted octanol–water partition coefficient (Wildman–Crippen LogP) is 2.80. The average molecular weight is 349 g/mol. The Bertz CT molecular complexity index is 1130. The highest BCUT2D eigenvalue weighted by Gasteiger charge is 2.13. The molecule has 7 heteroatoms. The molecule has 3 heterocycles. The lowest BCUT2D eigenvalue weighted by molar-refractivity contribution is 0.443. The highest BCUT2D eigenvalue weighted by molar-refractivity contribution is 5.75. The first-order chi connectivity index (χ1) is 12.5. The molecule has 7 nitrogen and oxygen atoms in total. The first kappa shape index (κ1) is 16.3. The SMILES string of the molecule is CCc1cnc(Cn2cnc3c(cnn3-c3cc(C)cc(C)c3)c2=O)o1. The molecule has 0 N–H and O–H groups in total. The van der Waals surface area contributed by atoms with Crippen molar-refractivity contribution in [2.45, 2.75) is 33.7 Å². The van der Waals surface area contributed by atoms with Gasteiger partial charge < -0.3 is 4.42 Å². The minimum Gasteiger partial charge on any atom is -0.444 e. The van der Waals surface area contributed by atoms with Crippen molar-refractivity contribution < 1.29 is 4.42 Å². The van der Waals surface area contributed by atoms with Crippen molar-refractivity contribution in [1.82, 2.24) is 24.3 Å². The summed E-state index contributed by atoms with van der Waals surface area (Å²) in [4.78, 5) is 21.4. The Labute approximate surface area is 149 Å². The zero-order valence-corrected chi connectivity index (χ0v) is 14.9. The number of benzene rings is 1. The van der Waals surface area contributed by atoms with Crippen LogP contribution in [0.4, 0.5) is 0 Å². The van der Waals surface area contributed by atoms with Crippen LogP contribution in [0.15, 0.2) is 46.1 Å². The molecule has 1 aromatic carbocycles. The van der Waals surface area contributed by atoms with E-state index in [0.29, 0.717) is 16.9 Å². The molecule has 0 fully saturated rings. The van der Waals surface area contributed by atoms with Crippen LogP contribution in [0.3, 0.4) is 0 Å². The van der Waals surface area contributed by atoms with Gasteiger partial charge in [-0.1, -0.05) is 13.0 Å². The van der Waals surface area contributed by atoms with Crippen LogP contribution in [0, 0.1) is 13.8 Å². The molecule has 132 valence electrons. The molecule has 0 aliphatic heterocycles. The van der Waals surface area contributed by atoms with Crippen LogP contribution in [-0.2, 0) is 13.0 Å². The number of hydrogen-bond donors (Lipinski definition) is 0. The van der Waals surface area contributed by atoms with Crippen molar-refractivity contribution in [2.24, 2.45) is 0 Å². The maximum absolute atomic E-state index is 12.8. The normalized spacial score (nSPS) is 11.3. The van der Waals surface area contributed by atoms with Gasteiger partial charge in [0.1, 0.15) is 24.0 Å². The number of aromatic nitrogens is 5. The van der Waals surface area contributed by atoms with Crippen molar-refractivity contribution in [3.63, 3.8) is 0 Å². The molecular formula is C19H19N5O2. The molecule has 0 aliphatic carbocycles. The first-order valence-electron chi connectivity index (χ1n) is 8.50. The molecule has 0 saturated heterocycles. The van der Waals surface area contributed by atoms with E-state index in [1.807, 2.05) is 32.9 Å². The summed E-state index contributed by atoms with van der Waals surface area (Å²) in [5.74, 6) is 1.29. The van der Waals surface area contributed by atoms with Gasteiger partial charge in [0.2, 0.25) is 5.89 Å². The average Bonchev–Trinajstić information content (AvgIpc) is 3.23. The predicted molar refractivity (Wildman–Crippen MR) is 97.6 cm³/mol. The lowest BCUT2D eigenvalue weighted by Gasteiger charge is -2.07. The van der Waals surface area contributed by atoms with Gasteiger partial charge in [0, 0.05) is 6.42 Å². The van der Waals surface area contributed by atoms with E-state index < -0.39 is 0 Å². The van der Waals surface area contributed by atoms with Crippen molar-refractivity contribution in [1.29, 1.82) is 0 Å². The highest BCUT2D eigenvalue weighted by atomic mass is 16.4. The molecule has 0 unspecified atom stereocenters. The summed E-state index contributed by atoms with van der Waals surface area (Å²) in [5, 5.41) is 4.84. The molecule has 0 amide bonds. The summed E-state index contributed by atoms with van der Waals surface area (Å²) >= 11 is 0. The van der Waals surface area contributed by atoms with E-state index in [0.717, 1.165) is 29.0 Å². The summed E-state index contributed by atoms with van der Waals surface area (Å²) in [5.41, 5.74) is 3.53. The summed E-state index contributed by atoms with van der Waals surface area (Å²) < 4.78 is 8.77. The van der Waals surface area contributed by atoms with Crippen LogP contribution in [0.5, 0.6) is 0 Å². The third-order valence-electron chi connectivity index (χ3n) is 4.26. The molecular weight excluding hydrogens is 330 g/mol. The lowest BCUT2D eigenvalue weighted by atomic mass is 10.1. The van der Waals surface area contributed by atoms with E-state index in [2.05, 4.69) is 21.1 Å². The summed E-state index contributed by atoms with van der Waals surface area (Å²) in [7, 11) is 0. The monoisotopic (exact) mass is 349 g/mol. The quantitative estimate of drug-likeness (QED) is 0.566. The molecule has 4 rings (SSSR count). The van der Waals surface area contributed by atoms with E-state index in [9.17, 15) is 4.79 Å². The van der Waals surface area contributed by atoms with Gasteiger partial charge in [-0.2, -0.15) is 5.10 Å². The van der Waals surface area contributed by atoms with E-state index >= 15 is 0 Å². The Morgan fingerprint density at radius 3 is 2.54 bits per heavy atom. The number of hydrogen-bond acceptors (Lipinski definition) is 5. The van der Waals surface area contributed by atoms with Crippen LogP contribution >= 0.6 is 0 Å². The third kappa shape index (κ3) is 2.81. The topological polar surface area (TPSA) is 78.7 Å². The van der Waals surface area contributed by atoms with Gasteiger partial charge in [0.25, 0.3) is 5.56 Å². The van der Waals surface area contributed by atoms with Crippen molar-refractivity contribution >= 4 is 11.0 Å². The standard InChI is InChI=1S/C19H19N5O2/c1-4-15-8-20-17(26-15)10-23-11-21-18-16(19(23)25)9-22-24(18)14-6-12(2)5-13(3)7-14/h5-9,11H,4,10H2,1-3H3. The first-order valence-corrected chi connectivity index (χ1v) is 8.50. The second-order valence-electron chi connectivity index (χ2n) is 6.39. The Kier molecular flexibility index (Phi) is 3.91. The van der Waals surface area contributed by atoms with Gasteiger partial charge in [-0.05, 0) is 37.1 Å². The Hall–Kier alpha value is -3.22. The molecule has 0 saturated carbocycles. The Balaban J connectivity index is 1.76. The maximum atomic E-state index is 12.8. The van der Waals surface area contributed by atoms with E-state index in [4.69, 9.17) is 4.42 Å². The largest absolute Gasteiger partial charge is 0.444 e. The zero-order valence-electron chi connectivity index (χ0n) is 14.9. The van der Waals surface area contributed by atoms with E-state index in [1.165, 1.54) is 10.9 Å². The number of nitrogens with zero attached hydrogens (tertiary/aromatic N) is 5. The van der Waals surface area contributed by atoms with Gasteiger partial charge >= 0.3 is 0 Å². The number of fused-ring (bicyclic) bond motifs is 1. The zero-order chi connectivity index (χ0) is 18.3. The van der Waals surface area contributed by atoms with Crippen molar-refractivity contribution in [2.75, 3.05) is 0 Å². The number of oxazole rings is 1. The van der Waals surface area contributed by atoms with Gasteiger partial charge in [0.05, 0.1) is 18.1 Å². The second-order valence-corrected chi connectivity index (χ2v) is 6.39. The summed E-state index contributed by atoms with van der Waals surface area (Å²) in [6.45, 7) is 6.30. The van der Waals surface area contributed by atoms with Gasteiger partial charge in [-0.25, -0.2) is 14.6 Å². The van der Waals surface area contributed by atoms with Crippen LogP contribution < -0.4 is 5.56 Å². The van der Waals surface area contributed by atoms with Crippen LogP contribution in [0.1, 0.15) is 29.7 Å². The number of aryl methyl sites for hydroxylation is 3. The smallest absolute Gasteiger partial charge is 0.264 e. The summed E-state index contributed by atoms with van der Waals surface area (Å²) in [6, 6.07) is 6.13. The van der Waals surface area contributed by atoms with Gasteiger partial charge in [0.15, 0.2) is 5.65 Å². The summed E-state index contributed by atoms with van der Waals surface area (Å²) in [6.07, 6.45) is 5.53. The minimum atomic E-state index is -0.165. The minimum absolute atomic E-state index is 0.165. The fraction of sp³-hybridized carbons (Fsp3) is 0.263. The number of rotatable bonds is 4. The molecule has 0 atom stereocenters. The van der Waals surface area contributed by atoms with E-state index in [-0.39, 0.29) is 12.1 Å². The maximum Gasteiger partial charge on any atom is 0.264 e. The molecule has 0 aliphatic rings. The molecule has 4 aromatic rings. The van der Waals surface area contributed by atoms with Crippen molar-refractivity contribution in [3.05, 3.63) is 70.1 Å². The fourth-order valence-corrected chi connectivity index (χ4v) is 3.05. The van der Waals surface area contributed by atoms with Crippen LogP contribution in [-0.4, -0.2) is 24.3 Å². The molecule has 0 spiro atoms. The third-order valence-corrected chi connectivity index (χ3v) is 4.26.